The molecule has 4 aromatic rings. The SMILES string of the molecule is Cc1nc2c(c(=O)n1C(c1ccccc1)c1ccccc1)CN(C(C)c1ccc(C(F)(F)F)cc1)C2. The fourth-order valence-electron chi connectivity index (χ4n) is 4.97. The highest BCUT2D eigenvalue weighted by molar-refractivity contribution is 5.35. The van der Waals surface area contributed by atoms with Gasteiger partial charge in [-0.05, 0) is 42.7 Å². The lowest BCUT2D eigenvalue weighted by Gasteiger charge is -2.24. The van der Waals surface area contributed by atoms with Gasteiger partial charge < -0.3 is 0 Å². The lowest BCUT2D eigenvalue weighted by atomic mass is 9.98. The average Bonchev–Trinajstić information content (AvgIpc) is 3.31. The van der Waals surface area contributed by atoms with E-state index in [1.165, 1.54) is 12.1 Å². The second-order valence-electron chi connectivity index (χ2n) is 9.18. The Balaban J connectivity index is 1.50. The van der Waals surface area contributed by atoms with Gasteiger partial charge in [-0.1, -0.05) is 72.8 Å². The van der Waals surface area contributed by atoms with E-state index in [9.17, 15) is 18.0 Å². The first-order chi connectivity index (χ1) is 17.2. The fraction of sp³-hybridized carbons (Fsp3) is 0.241. The van der Waals surface area contributed by atoms with Gasteiger partial charge in [0, 0.05) is 19.1 Å². The number of nitrogens with zero attached hydrogens (tertiary/aromatic N) is 3. The van der Waals surface area contributed by atoms with Gasteiger partial charge in [0.1, 0.15) is 5.82 Å². The molecular weight excluding hydrogens is 463 g/mol. The van der Waals surface area contributed by atoms with Crippen molar-refractivity contribution in [2.75, 3.05) is 0 Å². The number of halogens is 3. The number of fused-ring (bicyclic) bond motifs is 1. The molecule has 7 heteroatoms. The maximum Gasteiger partial charge on any atom is 0.416 e. The van der Waals surface area contributed by atoms with Crippen LogP contribution >= 0.6 is 0 Å². The summed E-state index contributed by atoms with van der Waals surface area (Å²) < 4.78 is 40.7. The largest absolute Gasteiger partial charge is 0.416 e. The van der Waals surface area contributed by atoms with E-state index in [0.717, 1.165) is 34.5 Å². The number of alkyl halides is 3. The van der Waals surface area contributed by atoms with Gasteiger partial charge in [0.2, 0.25) is 0 Å². The number of aryl methyl sites for hydroxylation is 1. The molecule has 0 saturated carbocycles. The molecule has 0 bridgehead atoms. The van der Waals surface area contributed by atoms with Crippen molar-refractivity contribution in [2.24, 2.45) is 0 Å². The second kappa shape index (κ2) is 9.39. The third-order valence-corrected chi connectivity index (χ3v) is 6.94. The first-order valence-electron chi connectivity index (χ1n) is 11.9. The summed E-state index contributed by atoms with van der Waals surface area (Å²) in [5, 5.41) is 0. The summed E-state index contributed by atoms with van der Waals surface area (Å²) in [5.74, 6) is 0.625. The van der Waals surface area contributed by atoms with Crippen LogP contribution in [0.2, 0.25) is 0 Å². The van der Waals surface area contributed by atoms with E-state index in [-0.39, 0.29) is 17.6 Å². The quantitative estimate of drug-likeness (QED) is 0.331. The summed E-state index contributed by atoms with van der Waals surface area (Å²) in [5.41, 5.74) is 3.35. The van der Waals surface area contributed by atoms with Crippen molar-refractivity contribution in [1.29, 1.82) is 0 Å². The third-order valence-electron chi connectivity index (χ3n) is 6.94. The van der Waals surface area contributed by atoms with Crippen LogP contribution in [0.4, 0.5) is 13.2 Å². The molecule has 1 unspecified atom stereocenters. The van der Waals surface area contributed by atoms with Crippen molar-refractivity contribution in [2.45, 2.75) is 45.2 Å². The minimum absolute atomic E-state index is 0.0858. The van der Waals surface area contributed by atoms with E-state index >= 15 is 0 Å². The van der Waals surface area contributed by atoms with Gasteiger partial charge in [0.15, 0.2) is 0 Å². The van der Waals surface area contributed by atoms with Gasteiger partial charge in [-0.15, -0.1) is 0 Å². The van der Waals surface area contributed by atoms with Crippen LogP contribution in [0.25, 0.3) is 0 Å². The van der Waals surface area contributed by atoms with Crippen LogP contribution in [0.5, 0.6) is 0 Å². The zero-order chi connectivity index (χ0) is 25.4. The highest BCUT2D eigenvalue weighted by Crippen LogP contribution is 2.34. The van der Waals surface area contributed by atoms with Crippen molar-refractivity contribution in [3.63, 3.8) is 0 Å². The molecule has 184 valence electrons. The highest BCUT2D eigenvalue weighted by atomic mass is 19.4. The summed E-state index contributed by atoms with van der Waals surface area (Å²) >= 11 is 0. The molecule has 0 spiro atoms. The zero-order valence-corrected chi connectivity index (χ0v) is 20.0. The number of rotatable bonds is 5. The normalized spacial score (nSPS) is 14.7. The van der Waals surface area contributed by atoms with Crippen LogP contribution in [0.3, 0.4) is 0 Å². The zero-order valence-electron chi connectivity index (χ0n) is 20.0. The highest BCUT2D eigenvalue weighted by Gasteiger charge is 2.33. The Morgan fingerprint density at radius 2 is 1.36 bits per heavy atom. The van der Waals surface area contributed by atoms with Gasteiger partial charge in [0.05, 0.1) is 22.9 Å². The first-order valence-corrected chi connectivity index (χ1v) is 11.9. The van der Waals surface area contributed by atoms with E-state index < -0.39 is 11.7 Å². The molecule has 36 heavy (non-hydrogen) atoms. The van der Waals surface area contributed by atoms with Crippen LogP contribution < -0.4 is 5.56 Å². The standard InChI is InChI=1S/C29H26F3N3O/c1-19(21-13-15-24(16-14-21)29(30,31)32)34-17-25-26(18-34)33-20(2)35(28(25)36)27(22-9-5-3-6-10-22)23-11-7-4-8-12-23/h3-16,19,27H,17-18H2,1-2H3. The third kappa shape index (κ3) is 4.46. The maximum absolute atomic E-state index is 13.9. The van der Waals surface area contributed by atoms with Crippen molar-refractivity contribution in [1.82, 2.24) is 14.5 Å². The fourth-order valence-corrected chi connectivity index (χ4v) is 4.97. The Bertz CT molecular complexity index is 1380. The van der Waals surface area contributed by atoms with Gasteiger partial charge in [-0.3, -0.25) is 14.3 Å². The molecular formula is C29H26F3N3O. The van der Waals surface area contributed by atoms with Gasteiger partial charge in [-0.2, -0.15) is 13.2 Å². The molecule has 0 saturated heterocycles. The summed E-state index contributed by atoms with van der Waals surface area (Å²) in [4.78, 5) is 20.8. The van der Waals surface area contributed by atoms with Crippen LogP contribution in [0.15, 0.2) is 89.7 Å². The molecule has 0 fully saturated rings. The van der Waals surface area contributed by atoms with Gasteiger partial charge in [-0.25, -0.2) is 4.98 Å². The Labute approximate surface area is 207 Å². The first kappa shape index (κ1) is 24.0. The van der Waals surface area contributed by atoms with Crippen LogP contribution in [-0.2, 0) is 19.3 Å². The lowest BCUT2D eigenvalue weighted by Crippen LogP contribution is -2.32. The van der Waals surface area contributed by atoms with Crippen molar-refractivity contribution in [3.8, 4) is 0 Å². The molecule has 1 aliphatic rings. The van der Waals surface area contributed by atoms with E-state index in [4.69, 9.17) is 4.98 Å². The molecule has 1 aliphatic heterocycles. The predicted molar refractivity (Wildman–Crippen MR) is 132 cm³/mol. The number of hydrogen-bond donors (Lipinski definition) is 0. The molecule has 1 atom stereocenters. The lowest BCUT2D eigenvalue weighted by molar-refractivity contribution is -0.137. The molecule has 5 rings (SSSR count). The van der Waals surface area contributed by atoms with Gasteiger partial charge >= 0.3 is 6.18 Å². The molecule has 3 aromatic carbocycles. The summed E-state index contributed by atoms with van der Waals surface area (Å²) in [7, 11) is 0. The van der Waals surface area contributed by atoms with E-state index in [1.807, 2.05) is 74.5 Å². The maximum atomic E-state index is 13.9. The average molecular weight is 490 g/mol. The Kier molecular flexibility index (Phi) is 6.26. The predicted octanol–water partition coefficient (Wildman–Crippen LogP) is 6.29. The van der Waals surface area contributed by atoms with E-state index in [2.05, 4.69) is 4.90 Å². The van der Waals surface area contributed by atoms with Gasteiger partial charge in [0.25, 0.3) is 5.56 Å². The molecule has 0 amide bonds. The van der Waals surface area contributed by atoms with E-state index in [0.29, 0.717) is 24.5 Å². The van der Waals surface area contributed by atoms with Crippen LogP contribution in [0, 0.1) is 6.92 Å². The minimum atomic E-state index is -4.37. The van der Waals surface area contributed by atoms with Crippen LogP contribution in [0.1, 0.15) is 58.3 Å². The van der Waals surface area contributed by atoms with E-state index in [1.54, 1.807) is 4.57 Å². The Morgan fingerprint density at radius 3 is 1.89 bits per heavy atom. The molecule has 0 radical (unpaired) electrons. The minimum Gasteiger partial charge on any atom is -0.286 e. The molecule has 0 aliphatic carbocycles. The Morgan fingerprint density at radius 1 is 0.806 bits per heavy atom. The topological polar surface area (TPSA) is 38.1 Å². The molecule has 4 nitrogen and oxygen atoms in total. The number of benzene rings is 3. The monoisotopic (exact) mass is 489 g/mol. The summed E-state index contributed by atoms with van der Waals surface area (Å²) in [6.45, 7) is 4.65. The number of hydrogen-bond acceptors (Lipinski definition) is 3. The van der Waals surface area contributed by atoms with Crippen LogP contribution in [-0.4, -0.2) is 14.5 Å². The second-order valence-corrected chi connectivity index (χ2v) is 9.18. The van der Waals surface area contributed by atoms with Crippen molar-refractivity contribution >= 4 is 0 Å². The molecule has 2 heterocycles. The van der Waals surface area contributed by atoms with Crippen molar-refractivity contribution in [3.05, 3.63) is 135 Å². The van der Waals surface area contributed by atoms with Crippen molar-refractivity contribution < 1.29 is 13.2 Å². The summed E-state index contributed by atoms with van der Waals surface area (Å²) in [6, 6.07) is 24.5. The smallest absolute Gasteiger partial charge is 0.286 e. The molecule has 0 N–H and O–H groups in total. The number of aromatic nitrogens is 2. The summed E-state index contributed by atoms with van der Waals surface area (Å²) in [6.07, 6.45) is -4.37. The Hall–Kier alpha value is -3.71. The molecule has 1 aromatic heterocycles.